The lowest BCUT2D eigenvalue weighted by atomic mass is 9.66. The molecule has 3 saturated heterocycles. The van der Waals surface area contributed by atoms with Crippen molar-refractivity contribution < 1.29 is 24.2 Å². The summed E-state index contributed by atoms with van der Waals surface area (Å²) in [4.78, 5) is 45.7. The van der Waals surface area contributed by atoms with Gasteiger partial charge in [-0.25, -0.2) is 0 Å². The molecule has 3 aliphatic heterocycles. The molecule has 1 spiro atoms. The summed E-state index contributed by atoms with van der Waals surface area (Å²) in [6.07, 6.45) is 5.51. The Bertz CT molecular complexity index is 884. The first-order valence-corrected chi connectivity index (χ1v) is 14.8. The Hall–Kier alpha value is -1.54. The summed E-state index contributed by atoms with van der Waals surface area (Å²) in [5.41, 5.74) is -0.447. The maximum atomic E-state index is 14.7. The highest BCUT2D eigenvalue weighted by atomic mass is 32.2. The number of aliphatic hydroxyl groups excluding tert-OH is 1. The Morgan fingerprint density at radius 1 is 1.24 bits per heavy atom. The predicted octanol–water partition coefficient (Wildman–Crippen LogP) is 4.28. The van der Waals surface area contributed by atoms with Crippen molar-refractivity contribution in [2.45, 2.75) is 102 Å². The Kier molecular flexibility index (Phi) is 9.16. The summed E-state index contributed by atoms with van der Waals surface area (Å²) in [5, 5.41) is 9.25. The molecule has 3 heterocycles. The second-order valence-corrected chi connectivity index (χ2v) is 14.5. The van der Waals surface area contributed by atoms with E-state index in [1.54, 1.807) is 29.7 Å². The van der Waals surface area contributed by atoms with Crippen LogP contribution in [-0.4, -0.2) is 80.6 Å². The molecule has 0 aromatic heterocycles. The lowest BCUT2D eigenvalue weighted by Crippen LogP contribution is -2.61. The summed E-state index contributed by atoms with van der Waals surface area (Å²) in [6, 6.07) is -0.636. The first kappa shape index (κ1) is 30.0. The molecule has 6 atom stereocenters. The van der Waals surface area contributed by atoms with Gasteiger partial charge in [0.2, 0.25) is 11.8 Å². The number of aliphatic hydroxyl groups is 1. The van der Waals surface area contributed by atoms with Crippen LogP contribution in [0.5, 0.6) is 0 Å². The average Bonchev–Trinajstić information content (AvgIpc) is 3.37. The molecule has 0 radical (unpaired) electrons. The van der Waals surface area contributed by atoms with E-state index in [1.165, 1.54) is 0 Å². The molecule has 37 heavy (non-hydrogen) atoms. The van der Waals surface area contributed by atoms with Gasteiger partial charge in [-0.05, 0) is 64.2 Å². The highest BCUT2D eigenvalue weighted by Gasteiger charge is 2.76. The molecule has 3 unspecified atom stereocenters. The highest BCUT2D eigenvalue weighted by Crippen LogP contribution is 2.69. The number of amides is 2. The number of unbranched alkanes of at least 4 members (excludes halogenated alkanes) is 2. The van der Waals surface area contributed by atoms with E-state index in [1.807, 2.05) is 4.90 Å². The molecule has 3 fully saturated rings. The Labute approximate surface area is 227 Å². The van der Waals surface area contributed by atoms with E-state index in [2.05, 4.69) is 48.1 Å². The minimum Gasteiger partial charge on any atom is -0.466 e. The number of thioether (sulfide) groups is 1. The van der Waals surface area contributed by atoms with Gasteiger partial charge in [0.25, 0.3) is 0 Å². The maximum Gasteiger partial charge on any atom is 0.310 e. The number of nitrogens with zero attached hydrogens (tertiary/aromatic N) is 2. The van der Waals surface area contributed by atoms with Crippen LogP contribution < -0.4 is 0 Å². The van der Waals surface area contributed by atoms with Gasteiger partial charge in [0, 0.05) is 30.5 Å². The van der Waals surface area contributed by atoms with Crippen LogP contribution in [0.4, 0.5) is 0 Å². The van der Waals surface area contributed by atoms with Crippen LogP contribution in [0.2, 0.25) is 0 Å². The van der Waals surface area contributed by atoms with Crippen molar-refractivity contribution in [3.8, 4) is 0 Å². The zero-order valence-corrected chi connectivity index (χ0v) is 24.7. The fourth-order valence-electron chi connectivity index (χ4n) is 7.42. The fourth-order valence-corrected chi connectivity index (χ4v) is 9.83. The van der Waals surface area contributed by atoms with Gasteiger partial charge in [0.1, 0.15) is 6.04 Å². The number of hydrogen-bond acceptors (Lipinski definition) is 6. The lowest BCUT2D eigenvalue weighted by Gasteiger charge is -2.46. The van der Waals surface area contributed by atoms with Crippen LogP contribution in [0.15, 0.2) is 12.7 Å². The third-order valence-corrected chi connectivity index (χ3v) is 10.4. The van der Waals surface area contributed by atoms with Gasteiger partial charge >= 0.3 is 5.97 Å². The molecule has 8 heteroatoms. The number of esters is 1. The number of carbonyl (C=O) groups is 3. The topological polar surface area (TPSA) is 87.2 Å². The van der Waals surface area contributed by atoms with Crippen molar-refractivity contribution in [2.24, 2.45) is 23.2 Å². The average molecular weight is 537 g/mol. The van der Waals surface area contributed by atoms with Gasteiger partial charge in [-0.3, -0.25) is 14.4 Å². The monoisotopic (exact) mass is 536 g/mol. The van der Waals surface area contributed by atoms with Crippen LogP contribution in [0.1, 0.15) is 80.6 Å². The SMILES string of the molecule is C=CCN(C(=O)C1N(CCCCCO)C(=O)[C@@H]2[C@H](C(=O)OCC)[C@@H]3CC(C)C12S3)C(C)(C)CC(C)(C)C. The molecule has 0 aliphatic carbocycles. The lowest BCUT2D eigenvalue weighted by molar-refractivity contribution is -0.154. The van der Waals surface area contributed by atoms with Crippen LogP contribution >= 0.6 is 11.8 Å². The van der Waals surface area contributed by atoms with Crippen molar-refractivity contribution in [3.05, 3.63) is 12.7 Å². The van der Waals surface area contributed by atoms with E-state index in [9.17, 15) is 19.5 Å². The molecule has 0 aromatic rings. The standard InChI is InChI=1S/C29H48N2O5S/c1-9-14-31(28(7,8)18-27(4,5)6)25(34)23-29-19(3)17-20(37-29)21(26(35)36-10-2)22(29)24(33)30(23)15-12-11-13-16-32/h9,19-23,32H,1,10-18H2,2-8H3/t19?,20-,21+,22-,23?,29?/m0/s1. The zero-order valence-electron chi connectivity index (χ0n) is 23.9. The molecular weight excluding hydrogens is 488 g/mol. The predicted molar refractivity (Wildman–Crippen MR) is 148 cm³/mol. The number of fused-ring (bicyclic) bond motifs is 1. The van der Waals surface area contributed by atoms with E-state index < -0.39 is 28.2 Å². The van der Waals surface area contributed by atoms with Gasteiger partial charge in [0.15, 0.2) is 0 Å². The smallest absolute Gasteiger partial charge is 0.310 e. The van der Waals surface area contributed by atoms with E-state index in [0.717, 1.165) is 19.3 Å². The van der Waals surface area contributed by atoms with Crippen molar-refractivity contribution in [2.75, 3.05) is 26.3 Å². The van der Waals surface area contributed by atoms with E-state index >= 15 is 0 Å². The van der Waals surface area contributed by atoms with Crippen LogP contribution in [-0.2, 0) is 19.1 Å². The van der Waals surface area contributed by atoms with Crippen molar-refractivity contribution in [1.29, 1.82) is 0 Å². The molecule has 210 valence electrons. The van der Waals surface area contributed by atoms with Gasteiger partial charge in [-0.1, -0.05) is 33.8 Å². The summed E-state index contributed by atoms with van der Waals surface area (Å²) in [6.45, 7) is 19.8. The minimum absolute atomic E-state index is 0.00234. The normalized spacial score (nSPS) is 31.0. The summed E-state index contributed by atoms with van der Waals surface area (Å²) in [5.74, 6) is -1.38. The van der Waals surface area contributed by atoms with Gasteiger partial charge in [-0.15, -0.1) is 18.3 Å². The first-order valence-electron chi connectivity index (χ1n) is 13.9. The van der Waals surface area contributed by atoms with Gasteiger partial charge in [-0.2, -0.15) is 0 Å². The molecule has 0 aromatic carbocycles. The van der Waals surface area contributed by atoms with Crippen LogP contribution in [0.25, 0.3) is 0 Å². The molecule has 3 aliphatic rings. The Morgan fingerprint density at radius 3 is 2.49 bits per heavy atom. The molecule has 1 N–H and O–H groups in total. The molecular formula is C29H48N2O5S. The van der Waals surface area contributed by atoms with Gasteiger partial charge < -0.3 is 19.6 Å². The third kappa shape index (κ3) is 5.47. The fraction of sp³-hybridized carbons (Fsp3) is 0.828. The van der Waals surface area contributed by atoms with Crippen molar-refractivity contribution in [1.82, 2.24) is 9.80 Å². The summed E-state index contributed by atoms with van der Waals surface area (Å²) < 4.78 is 4.80. The molecule has 2 bridgehead atoms. The molecule has 2 amide bonds. The Balaban J connectivity index is 2.07. The third-order valence-electron chi connectivity index (χ3n) is 8.37. The number of ether oxygens (including phenoxy) is 1. The largest absolute Gasteiger partial charge is 0.466 e. The number of hydrogen-bond donors (Lipinski definition) is 1. The Morgan fingerprint density at radius 2 is 1.92 bits per heavy atom. The maximum absolute atomic E-state index is 14.7. The molecule has 7 nitrogen and oxygen atoms in total. The van der Waals surface area contributed by atoms with Gasteiger partial charge in [0.05, 0.1) is 23.2 Å². The quantitative estimate of drug-likeness (QED) is 0.228. The van der Waals surface area contributed by atoms with Crippen molar-refractivity contribution >= 4 is 29.5 Å². The summed E-state index contributed by atoms with van der Waals surface area (Å²) >= 11 is 1.69. The van der Waals surface area contributed by atoms with Crippen LogP contribution in [0, 0.1) is 23.2 Å². The van der Waals surface area contributed by atoms with Crippen LogP contribution in [0.3, 0.4) is 0 Å². The van der Waals surface area contributed by atoms with E-state index in [-0.39, 0.29) is 47.6 Å². The highest BCUT2D eigenvalue weighted by molar-refractivity contribution is 8.02. The zero-order chi connectivity index (χ0) is 27.8. The number of likely N-dealkylation sites (tertiary alicyclic amines) is 1. The second kappa shape index (κ2) is 11.3. The van der Waals surface area contributed by atoms with E-state index in [4.69, 9.17) is 4.74 Å². The number of rotatable bonds is 12. The molecule has 3 rings (SSSR count). The number of carbonyl (C=O) groups excluding carboxylic acids is 3. The minimum atomic E-state index is -0.648. The second-order valence-electron chi connectivity index (χ2n) is 12.9. The first-order chi connectivity index (χ1) is 17.3. The molecule has 0 saturated carbocycles. The summed E-state index contributed by atoms with van der Waals surface area (Å²) in [7, 11) is 0. The van der Waals surface area contributed by atoms with E-state index in [0.29, 0.717) is 25.9 Å². The van der Waals surface area contributed by atoms with Crippen molar-refractivity contribution in [3.63, 3.8) is 0 Å².